The van der Waals surface area contributed by atoms with Gasteiger partial charge in [-0.3, -0.25) is 15.5 Å². The molecule has 2 aromatic rings. The van der Waals surface area contributed by atoms with E-state index in [0.717, 1.165) is 0 Å². The van der Waals surface area contributed by atoms with Crippen molar-refractivity contribution in [1.82, 2.24) is 4.98 Å². The average molecular weight is 346 g/mol. The van der Waals surface area contributed by atoms with Gasteiger partial charge in [0, 0.05) is 17.7 Å². The zero-order chi connectivity index (χ0) is 15.4. The lowest BCUT2D eigenvalue weighted by molar-refractivity contribution is -0.384. The van der Waals surface area contributed by atoms with Crippen molar-refractivity contribution in [3.05, 3.63) is 61.2 Å². The molecule has 2 rings (SSSR count). The molecule has 1 aromatic carbocycles. The number of aromatic nitrogens is 1. The maximum absolute atomic E-state index is 10.7. The highest BCUT2D eigenvalue weighted by Crippen LogP contribution is 2.28. The van der Waals surface area contributed by atoms with Gasteiger partial charge >= 0.3 is 0 Å². The summed E-state index contributed by atoms with van der Waals surface area (Å²) < 4.78 is 0. The van der Waals surface area contributed by atoms with Gasteiger partial charge in [-0.1, -0.05) is 46.9 Å². The fraction of sp³-hybridized carbons (Fsp3) is 0. The minimum absolute atomic E-state index is 0.0235. The second kappa shape index (κ2) is 6.71. The Bertz CT molecular complexity index is 722. The minimum atomic E-state index is -0.484. The van der Waals surface area contributed by atoms with Gasteiger partial charge in [-0.25, -0.2) is 4.98 Å². The third-order valence-corrected chi connectivity index (χ3v) is 3.31. The summed E-state index contributed by atoms with van der Waals surface area (Å²) in [5, 5.41) is 15.1. The van der Waals surface area contributed by atoms with Gasteiger partial charge in [0.15, 0.2) is 5.82 Å². The highest BCUT2D eigenvalue weighted by Gasteiger charge is 2.07. The van der Waals surface area contributed by atoms with E-state index in [4.69, 9.17) is 34.8 Å². The van der Waals surface area contributed by atoms with E-state index >= 15 is 0 Å². The Morgan fingerprint density at radius 1 is 1.24 bits per heavy atom. The Hall–Kier alpha value is -1.89. The Morgan fingerprint density at radius 2 is 2.00 bits per heavy atom. The predicted octanol–water partition coefficient (Wildman–Crippen LogP) is 4.40. The topological polar surface area (TPSA) is 80.4 Å². The SMILES string of the molecule is O=[N+]([O-])c1cccc(/C=N\Nc2nc(Cl)c(Cl)cc2Cl)c1. The molecule has 9 heteroatoms. The lowest BCUT2D eigenvalue weighted by Crippen LogP contribution is -1.96. The summed E-state index contributed by atoms with van der Waals surface area (Å²) >= 11 is 17.4. The number of pyridine rings is 1. The van der Waals surface area contributed by atoms with Crippen LogP contribution in [-0.4, -0.2) is 16.1 Å². The van der Waals surface area contributed by atoms with E-state index in [0.29, 0.717) is 5.56 Å². The molecule has 0 bridgehead atoms. The summed E-state index contributed by atoms with van der Waals surface area (Å²) in [7, 11) is 0. The van der Waals surface area contributed by atoms with Crippen LogP contribution in [0.1, 0.15) is 5.56 Å². The Labute approximate surface area is 134 Å². The van der Waals surface area contributed by atoms with Crippen molar-refractivity contribution in [2.75, 3.05) is 5.43 Å². The van der Waals surface area contributed by atoms with E-state index in [1.54, 1.807) is 12.1 Å². The van der Waals surface area contributed by atoms with Crippen LogP contribution in [0.25, 0.3) is 0 Å². The lowest BCUT2D eigenvalue weighted by atomic mass is 10.2. The van der Waals surface area contributed by atoms with Crippen LogP contribution in [0.4, 0.5) is 11.5 Å². The van der Waals surface area contributed by atoms with E-state index in [9.17, 15) is 10.1 Å². The molecule has 1 N–H and O–H groups in total. The molecular formula is C12H7Cl3N4O2. The molecule has 0 atom stereocenters. The Balaban J connectivity index is 2.14. The third kappa shape index (κ3) is 4.04. The molecule has 0 fully saturated rings. The van der Waals surface area contributed by atoms with Crippen molar-refractivity contribution in [3.8, 4) is 0 Å². The first-order valence-electron chi connectivity index (χ1n) is 5.52. The summed E-state index contributed by atoms with van der Waals surface area (Å²) in [6, 6.07) is 7.44. The van der Waals surface area contributed by atoms with E-state index in [1.807, 2.05) is 0 Å². The van der Waals surface area contributed by atoms with Crippen molar-refractivity contribution >= 4 is 52.5 Å². The molecule has 0 spiro atoms. The fourth-order valence-corrected chi connectivity index (χ4v) is 1.95. The number of nitro benzene ring substituents is 1. The number of halogens is 3. The van der Waals surface area contributed by atoms with Crippen LogP contribution < -0.4 is 5.43 Å². The van der Waals surface area contributed by atoms with Crippen LogP contribution in [0.2, 0.25) is 15.2 Å². The molecule has 1 heterocycles. The number of hydrogen-bond acceptors (Lipinski definition) is 5. The Morgan fingerprint density at radius 3 is 2.71 bits per heavy atom. The zero-order valence-electron chi connectivity index (χ0n) is 10.3. The highest BCUT2D eigenvalue weighted by atomic mass is 35.5. The smallest absolute Gasteiger partial charge is 0.260 e. The summed E-state index contributed by atoms with van der Waals surface area (Å²) in [4.78, 5) is 14.1. The second-order valence-electron chi connectivity index (χ2n) is 3.81. The van der Waals surface area contributed by atoms with Crippen LogP contribution in [-0.2, 0) is 0 Å². The number of non-ortho nitro benzene ring substituents is 1. The van der Waals surface area contributed by atoms with Crippen LogP contribution in [0.15, 0.2) is 35.4 Å². The zero-order valence-corrected chi connectivity index (χ0v) is 12.5. The van der Waals surface area contributed by atoms with E-state index in [2.05, 4.69) is 15.5 Å². The number of hydrazone groups is 1. The third-order valence-electron chi connectivity index (χ3n) is 2.35. The van der Waals surface area contributed by atoms with Crippen LogP contribution in [0.5, 0.6) is 0 Å². The number of anilines is 1. The lowest BCUT2D eigenvalue weighted by Gasteiger charge is -2.03. The van der Waals surface area contributed by atoms with Crippen molar-refractivity contribution in [2.24, 2.45) is 5.10 Å². The predicted molar refractivity (Wildman–Crippen MR) is 83.6 cm³/mol. The van der Waals surface area contributed by atoms with E-state index < -0.39 is 4.92 Å². The van der Waals surface area contributed by atoms with Gasteiger partial charge < -0.3 is 0 Å². The number of hydrogen-bond donors (Lipinski definition) is 1. The summed E-state index contributed by atoms with van der Waals surface area (Å²) in [5.41, 5.74) is 3.12. The van der Waals surface area contributed by atoms with Crippen molar-refractivity contribution in [1.29, 1.82) is 0 Å². The maximum atomic E-state index is 10.7. The molecule has 21 heavy (non-hydrogen) atoms. The minimum Gasteiger partial charge on any atom is -0.260 e. The largest absolute Gasteiger partial charge is 0.270 e. The molecule has 0 aliphatic carbocycles. The first kappa shape index (κ1) is 15.5. The van der Waals surface area contributed by atoms with Gasteiger partial charge in [0.05, 0.1) is 21.2 Å². The van der Waals surface area contributed by atoms with Crippen molar-refractivity contribution in [2.45, 2.75) is 0 Å². The fourth-order valence-electron chi connectivity index (χ4n) is 1.41. The first-order valence-corrected chi connectivity index (χ1v) is 6.66. The van der Waals surface area contributed by atoms with Gasteiger partial charge in [0.2, 0.25) is 0 Å². The van der Waals surface area contributed by atoms with E-state index in [1.165, 1.54) is 24.4 Å². The number of nitro groups is 1. The van der Waals surface area contributed by atoms with Crippen molar-refractivity contribution < 1.29 is 4.92 Å². The molecule has 0 saturated carbocycles. The molecular weight excluding hydrogens is 339 g/mol. The van der Waals surface area contributed by atoms with Gasteiger partial charge in [0.1, 0.15) is 5.15 Å². The first-order chi connectivity index (χ1) is 9.97. The molecule has 0 amide bonds. The number of benzene rings is 1. The molecule has 0 saturated heterocycles. The molecule has 108 valence electrons. The van der Waals surface area contributed by atoms with Crippen LogP contribution >= 0.6 is 34.8 Å². The second-order valence-corrected chi connectivity index (χ2v) is 4.99. The molecule has 0 aliphatic heterocycles. The maximum Gasteiger partial charge on any atom is 0.270 e. The molecule has 0 radical (unpaired) electrons. The molecule has 6 nitrogen and oxygen atoms in total. The standard InChI is InChI=1S/C12H7Cl3N4O2/c13-9-5-10(14)12(17-11(9)15)18-16-6-7-2-1-3-8(4-7)19(20)21/h1-6H,(H,17,18)/b16-6-. The van der Waals surface area contributed by atoms with Gasteiger partial charge in [-0.15, -0.1) is 0 Å². The molecule has 0 aliphatic rings. The summed E-state index contributed by atoms with van der Waals surface area (Å²) in [6.07, 6.45) is 1.40. The number of nitrogens with one attached hydrogen (secondary N) is 1. The summed E-state index contributed by atoms with van der Waals surface area (Å²) in [5.74, 6) is 0.229. The van der Waals surface area contributed by atoms with Gasteiger partial charge in [-0.2, -0.15) is 5.10 Å². The average Bonchev–Trinajstić information content (AvgIpc) is 2.44. The normalized spacial score (nSPS) is 10.8. The monoisotopic (exact) mass is 344 g/mol. The quantitative estimate of drug-likeness (QED) is 0.385. The van der Waals surface area contributed by atoms with Gasteiger partial charge in [-0.05, 0) is 6.07 Å². The van der Waals surface area contributed by atoms with Crippen LogP contribution in [0.3, 0.4) is 0 Å². The highest BCUT2D eigenvalue weighted by molar-refractivity contribution is 6.42. The molecule has 1 aromatic heterocycles. The van der Waals surface area contributed by atoms with Gasteiger partial charge in [0.25, 0.3) is 5.69 Å². The number of rotatable bonds is 4. The van der Waals surface area contributed by atoms with Crippen LogP contribution in [0, 0.1) is 10.1 Å². The summed E-state index contributed by atoms with van der Waals surface area (Å²) in [6.45, 7) is 0. The van der Waals surface area contributed by atoms with Crippen molar-refractivity contribution in [3.63, 3.8) is 0 Å². The molecule has 0 unspecified atom stereocenters. The number of nitrogens with zero attached hydrogens (tertiary/aromatic N) is 3. The Kier molecular flexibility index (Phi) is 4.95. The van der Waals surface area contributed by atoms with E-state index in [-0.39, 0.29) is 26.7 Å².